The number of benzene rings is 4. The van der Waals surface area contributed by atoms with Gasteiger partial charge in [-0.3, -0.25) is 14.9 Å². The molecule has 4 aromatic rings. The average Bonchev–Trinajstić information content (AvgIpc) is 2.86. The minimum atomic E-state index is -0.694. The zero-order valence-corrected chi connectivity index (χ0v) is 19.0. The van der Waals surface area contributed by atoms with E-state index in [1.807, 2.05) is 48.5 Å². The van der Waals surface area contributed by atoms with Gasteiger partial charge in [0.1, 0.15) is 24.0 Å². The maximum atomic E-state index is 12.5. The van der Waals surface area contributed by atoms with Gasteiger partial charge >= 0.3 is 0 Å². The second-order valence-electron chi connectivity index (χ2n) is 7.55. The number of halogens is 1. The Morgan fingerprint density at radius 1 is 1.06 bits per heavy atom. The molecule has 0 radical (unpaired) electrons. The van der Waals surface area contributed by atoms with E-state index >= 15 is 0 Å². The van der Waals surface area contributed by atoms with Gasteiger partial charge in [0.15, 0.2) is 0 Å². The molecule has 0 atom stereocenters. The Balaban J connectivity index is 1.48. The summed E-state index contributed by atoms with van der Waals surface area (Å²) in [5, 5.41) is 25.4. The lowest BCUT2D eigenvalue weighted by Crippen LogP contribution is -2.13. The molecule has 172 valence electrons. The zero-order chi connectivity index (χ0) is 24.8. The maximum absolute atomic E-state index is 12.5. The van der Waals surface area contributed by atoms with E-state index in [1.54, 1.807) is 18.2 Å². The van der Waals surface area contributed by atoms with Crippen molar-refractivity contribution in [2.24, 2.45) is 0 Å². The zero-order valence-electron chi connectivity index (χ0n) is 18.3. The van der Waals surface area contributed by atoms with Crippen LogP contribution >= 0.6 is 11.6 Å². The summed E-state index contributed by atoms with van der Waals surface area (Å²) >= 11 is 6.40. The third kappa shape index (κ3) is 5.64. The first kappa shape index (κ1) is 23.5. The standard InChI is InChI=1S/C27H18ClN3O4/c28-25-14-18(13-21(16-29)27(32)30-22-8-4-9-23(15-22)31(33)34)11-12-26(25)35-17-20-7-3-6-19-5-1-2-10-24(19)20/h1-15H,17H2,(H,30,32)/b21-13+. The molecule has 0 aliphatic carbocycles. The van der Waals surface area contributed by atoms with E-state index in [0.717, 1.165) is 16.3 Å². The summed E-state index contributed by atoms with van der Waals surface area (Å²) in [6.07, 6.45) is 1.38. The third-order valence-electron chi connectivity index (χ3n) is 5.21. The molecular formula is C27H18ClN3O4. The van der Waals surface area contributed by atoms with Gasteiger partial charge in [-0.25, -0.2) is 0 Å². The van der Waals surface area contributed by atoms with Crippen LogP contribution in [0.3, 0.4) is 0 Å². The number of nitriles is 1. The van der Waals surface area contributed by atoms with Gasteiger partial charge in [0.05, 0.1) is 9.95 Å². The summed E-state index contributed by atoms with van der Waals surface area (Å²) < 4.78 is 5.92. The van der Waals surface area contributed by atoms with E-state index in [0.29, 0.717) is 22.9 Å². The molecule has 0 fully saturated rings. The summed E-state index contributed by atoms with van der Waals surface area (Å²) in [7, 11) is 0. The Labute approximate surface area is 206 Å². The fraction of sp³-hybridized carbons (Fsp3) is 0.0370. The summed E-state index contributed by atoms with van der Waals surface area (Å²) in [6, 6.07) is 26.3. The highest BCUT2D eigenvalue weighted by atomic mass is 35.5. The number of nitrogens with zero attached hydrogens (tertiary/aromatic N) is 2. The van der Waals surface area contributed by atoms with Crippen molar-refractivity contribution in [3.8, 4) is 11.8 Å². The number of ether oxygens (including phenoxy) is 1. The SMILES string of the molecule is N#C/C(=C\c1ccc(OCc2cccc3ccccc23)c(Cl)c1)C(=O)Nc1cccc([N+](=O)[O-])c1. The van der Waals surface area contributed by atoms with Crippen LogP contribution in [0.1, 0.15) is 11.1 Å². The van der Waals surface area contributed by atoms with Crippen molar-refractivity contribution in [2.75, 3.05) is 5.32 Å². The van der Waals surface area contributed by atoms with Crippen molar-refractivity contribution in [2.45, 2.75) is 6.61 Å². The Hall–Kier alpha value is -4.67. The molecule has 0 heterocycles. The van der Waals surface area contributed by atoms with E-state index in [2.05, 4.69) is 5.32 Å². The minimum Gasteiger partial charge on any atom is -0.487 e. The van der Waals surface area contributed by atoms with Gasteiger partial charge in [-0.15, -0.1) is 0 Å². The van der Waals surface area contributed by atoms with E-state index in [9.17, 15) is 20.2 Å². The highest BCUT2D eigenvalue weighted by Crippen LogP contribution is 2.28. The summed E-state index contributed by atoms with van der Waals surface area (Å²) in [5.74, 6) is -0.225. The number of nitro groups is 1. The van der Waals surface area contributed by atoms with E-state index in [1.165, 1.54) is 30.3 Å². The van der Waals surface area contributed by atoms with Gasteiger partial charge in [-0.05, 0) is 46.2 Å². The number of hydrogen-bond donors (Lipinski definition) is 1. The van der Waals surface area contributed by atoms with Gasteiger partial charge in [0.25, 0.3) is 11.6 Å². The number of carbonyl (C=O) groups excluding carboxylic acids is 1. The van der Waals surface area contributed by atoms with Crippen LogP contribution in [-0.4, -0.2) is 10.8 Å². The number of nitrogens with one attached hydrogen (secondary N) is 1. The highest BCUT2D eigenvalue weighted by molar-refractivity contribution is 6.32. The largest absolute Gasteiger partial charge is 0.487 e. The molecule has 0 saturated carbocycles. The predicted octanol–water partition coefficient (Wildman–Crippen LogP) is 6.53. The van der Waals surface area contributed by atoms with Gasteiger partial charge in [0, 0.05) is 17.8 Å². The second-order valence-corrected chi connectivity index (χ2v) is 7.96. The number of amides is 1. The summed E-state index contributed by atoms with van der Waals surface area (Å²) in [5.41, 5.74) is 1.40. The van der Waals surface area contributed by atoms with Gasteiger partial charge < -0.3 is 10.1 Å². The van der Waals surface area contributed by atoms with Gasteiger partial charge in [-0.2, -0.15) is 5.26 Å². The molecule has 35 heavy (non-hydrogen) atoms. The molecule has 1 amide bonds. The van der Waals surface area contributed by atoms with Crippen LogP contribution in [0.25, 0.3) is 16.8 Å². The Morgan fingerprint density at radius 3 is 2.60 bits per heavy atom. The number of fused-ring (bicyclic) bond motifs is 1. The average molecular weight is 484 g/mol. The first-order valence-corrected chi connectivity index (χ1v) is 10.9. The van der Waals surface area contributed by atoms with Crippen LogP contribution in [0, 0.1) is 21.4 Å². The van der Waals surface area contributed by atoms with Crippen LogP contribution in [0.4, 0.5) is 11.4 Å². The molecule has 0 aromatic heterocycles. The molecule has 8 heteroatoms. The second kappa shape index (κ2) is 10.5. The fourth-order valence-electron chi connectivity index (χ4n) is 3.51. The van der Waals surface area contributed by atoms with Crippen molar-refractivity contribution in [3.63, 3.8) is 0 Å². The number of rotatable bonds is 7. The molecule has 0 saturated heterocycles. The van der Waals surface area contributed by atoms with Crippen molar-refractivity contribution in [1.29, 1.82) is 5.26 Å². The monoisotopic (exact) mass is 483 g/mol. The smallest absolute Gasteiger partial charge is 0.271 e. The van der Waals surface area contributed by atoms with Crippen molar-refractivity contribution < 1.29 is 14.5 Å². The lowest BCUT2D eigenvalue weighted by Gasteiger charge is -2.11. The molecule has 0 aliphatic heterocycles. The summed E-state index contributed by atoms with van der Waals surface area (Å²) in [6.45, 7) is 0.325. The third-order valence-corrected chi connectivity index (χ3v) is 5.51. The van der Waals surface area contributed by atoms with Crippen LogP contribution < -0.4 is 10.1 Å². The van der Waals surface area contributed by atoms with Crippen molar-refractivity contribution in [1.82, 2.24) is 0 Å². The Morgan fingerprint density at radius 2 is 1.83 bits per heavy atom. The maximum Gasteiger partial charge on any atom is 0.271 e. The Kier molecular flexibility index (Phi) is 7.05. The molecule has 0 spiro atoms. The molecular weight excluding hydrogens is 466 g/mol. The molecule has 0 unspecified atom stereocenters. The fourth-order valence-corrected chi connectivity index (χ4v) is 3.75. The topological polar surface area (TPSA) is 105 Å². The van der Waals surface area contributed by atoms with Gasteiger partial charge in [0.2, 0.25) is 0 Å². The molecule has 4 aromatic carbocycles. The number of non-ortho nitro benzene ring substituents is 1. The predicted molar refractivity (Wildman–Crippen MR) is 135 cm³/mol. The van der Waals surface area contributed by atoms with Crippen LogP contribution in [-0.2, 0) is 11.4 Å². The van der Waals surface area contributed by atoms with Crippen LogP contribution in [0.2, 0.25) is 5.02 Å². The first-order chi connectivity index (χ1) is 16.9. The van der Waals surface area contributed by atoms with E-state index in [4.69, 9.17) is 16.3 Å². The van der Waals surface area contributed by atoms with Crippen molar-refractivity contribution >= 4 is 45.7 Å². The van der Waals surface area contributed by atoms with Gasteiger partial charge in [-0.1, -0.05) is 66.2 Å². The van der Waals surface area contributed by atoms with Crippen molar-refractivity contribution in [3.05, 3.63) is 117 Å². The van der Waals surface area contributed by atoms with E-state index in [-0.39, 0.29) is 16.9 Å². The normalized spacial score (nSPS) is 11.0. The highest BCUT2D eigenvalue weighted by Gasteiger charge is 2.13. The lowest BCUT2D eigenvalue weighted by molar-refractivity contribution is -0.384. The molecule has 7 nitrogen and oxygen atoms in total. The summed E-state index contributed by atoms with van der Waals surface area (Å²) in [4.78, 5) is 22.9. The number of anilines is 1. The molecule has 4 rings (SSSR count). The first-order valence-electron chi connectivity index (χ1n) is 10.5. The lowest BCUT2D eigenvalue weighted by atomic mass is 10.1. The van der Waals surface area contributed by atoms with Crippen LogP contribution in [0.15, 0.2) is 90.5 Å². The quantitative estimate of drug-likeness (QED) is 0.139. The molecule has 0 bridgehead atoms. The molecule has 1 N–H and O–H groups in total. The number of nitro benzene ring substituents is 1. The minimum absolute atomic E-state index is 0.170. The Bertz CT molecular complexity index is 1500. The number of hydrogen-bond acceptors (Lipinski definition) is 5. The number of carbonyl (C=O) groups is 1. The van der Waals surface area contributed by atoms with Crippen LogP contribution in [0.5, 0.6) is 5.75 Å². The van der Waals surface area contributed by atoms with E-state index < -0.39 is 10.8 Å². The molecule has 0 aliphatic rings.